The Morgan fingerprint density at radius 2 is 2.19 bits per heavy atom. The molecule has 2 aromatic rings. The van der Waals surface area contributed by atoms with Crippen LogP contribution in [0.1, 0.15) is 31.0 Å². The van der Waals surface area contributed by atoms with Gasteiger partial charge in [0.1, 0.15) is 0 Å². The molecule has 1 aromatic heterocycles. The minimum absolute atomic E-state index is 0.871. The first-order valence-electron chi connectivity index (χ1n) is 6.24. The number of fused-ring (bicyclic) bond motifs is 2. The fourth-order valence-corrected chi connectivity index (χ4v) is 2.70. The van der Waals surface area contributed by atoms with E-state index in [9.17, 15) is 0 Å². The standard InChI is InChI=1S/C15H17N/c1-2-11-7-8-15-13(9-11)10-12-5-3-4-6-14(12)16-15/h3-6,10-11H,2,7-9H2,1H3/t11-/m0/s1. The van der Waals surface area contributed by atoms with Gasteiger partial charge in [-0.25, -0.2) is 0 Å². The summed E-state index contributed by atoms with van der Waals surface area (Å²) >= 11 is 0. The summed E-state index contributed by atoms with van der Waals surface area (Å²) < 4.78 is 0. The molecule has 0 saturated carbocycles. The van der Waals surface area contributed by atoms with Crippen LogP contribution in [0.25, 0.3) is 10.9 Å². The van der Waals surface area contributed by atoms with E-state index >= 15 is 0 Å². The molecule has 3 rings (SSSR count). The first-order valence-corrected chi connectivity index (χ1v) is 6.24. The van der Waals surface area contributed by atoms with E-state index in [1.807, 2.05) is 0 Å². The fraction of sp³-hybridized carbons (Fsp3) is 0.400. The van der Waals surface area contributed by atoms with Gasteiger partial charge < -0.3 is 0 Å². The van der Waals surface area contributed by atoms with Crippen LogP contribution in [0.2, 0.25) is 0 Å². The second kappa shape index (κ2) is 3.89. The number of hydrogen-bond donors (Lipinski definition) is 0. The van der Waals surface area contributed by atoms with Gasteiger partial charge in [-0.2, -0.15) is 0 Å². The molecule has 1 aliphatic rings. The average Bonchev–Trinajstić information content (AvgIpc) is 2.35. The van der Waals surface area contributed by atoms with Crippen molar-refractivity contribution in [2.75, 3.05) is 0 Å². The first kappa shape index (κ1) is 9.83. The molecule has 0 aliphatic heterocycles. The number of nitrogens with zero attached hydrogens (tertiary/aromatic N) is 1. The zero-order valence-electron chi connectivity index (χ0n) is 9.74. The second-order valence-electron chi connectivity index (χ2n) is 4.80. The summed E-state index contributed by atoms with van der Waals surface area (Å²) in [5.41, 5.74) is 3.97. The van der Waals surface area contributed by atoms with Crippen molar-refractivity contribution in [1.82, 2.24) is 4.98 Å². The van der Waals surface area contributed by atoms with Crippen LogP contribution in [0.3, 0.4) is 0 Å². The highest BCUT2D eigenvalue weighted by atomic mass is 14.7. The Morgan fingerprint density at radius 3 is 3.06 bits per heavy atom. The minimum atomic E-state index is 0.871. The van der Waals surface area contributed by atoms with Crippen molar-refractivity contribution < 1.29 is 0 Å². The van der Waals surface area contributed by atoms with E-state index in [0.29, 0.717) is 0 Å². The minimum Gasteiger partial charge on any atom is -0.253 e. The lowest BCUT2D eigenvalue weighted by Gasteiger charge is -2.23. The average molecular weight is 211 g/mol. The Bertz CT molecular complexity index is 516. The molecular weight excluding hydrogens is 194 g/mol. The number of pyridine rings is 1. The maximum Gasteiger partial charge on any atom is 0.0705 e. The Morgan fingerprint density at radius 1 is 1.31 bits per heavy atom. The number of rotatable bonds is 1. The molecule has 16 heavy (non-hydrogen) atoms. The molecule has 1 atom stereocenters. The summed E-state index contributed by atoms with van der Waals surface area (Å²) in [6.45, 7) is 2.30. The van der Waals surface area contributed by atoms with Crippen LogP contribution in [0, 0.1) is 5.92 Å². The molecule has 0 radical (unpaired) electrons. The van der Waals surface area contributed by atoms with Gasteiger partial charge in [0.15, 0.2) is 0 Å². The van der Waals surface area contributed by atoms with E-state index in [-0.39, 0.29) is 0 Å². The number of para-hydroxylation sites is 1. The number of aryl methyl sites for hydroxylation is 1. The molecule has 1 nitrogen and oxygen atoms in total. The monoisotopic (exact) mass is 211 g/mol. The predicted molar refractivity (Wildman–Crippen MR) is 67.5 cm³/mol. The number of aromatic nitrogens is 1. The van der Waals surface area contributed by atoms with Crippen LogP contribution in [0.5, 0.6) is 0 Å². The van der Waals surface area contributed by atoms with Gasteiger partial charge >= 0.3 is 0 Å². The lowest BCUT2D eigenvalue weighted by atomic mass is 9.84. The Kier molecular flexibility index (Phi) is 2.39. The molecular formula is C15H17N. The van der Waals surface area contributed by atoms with Crippen molar-refractivity contribution >= 4 is 10.9 Å². The Hall–Kier alpha value is -1.37. The number of benzene rings is 1. The second-order valence-corrected chi connectivity index (χ2v) is 4.80. The summed E-state index contributed by atoms with van der Waals surface area (Å²) in [5.74, 6) is 0.871. The molecule has 1 heterocycles. The highest BCUT2D eigenvalue weighted by Crippen LogP contribution is 2.28. The summed E-state index contributed by atoms with van der Waals surface area (Å²) in [4.78, 5) is 4.78. The van der Waals surface area contributed by atoms with Crippen molar-refractivity contribution in [3.05, 3.63) is 41.6 Å². The van der Waals surface area contributed by atoms with E-state index in [0.717, 1.165) is 11.4 Å². The number of hydrogen-bond acceptors (Lipinski definition) is 1. The molecule has 0 N–H and O–H groups in total. The molecule has 82 valence electrons. The third-order valence-corrected chi connectivity index (χ3v) is 3.77. The van der Waals surface area contributed by atoms with Crippen LogP contribution in [-0.2, 0) is 12.8 Å². The van der Waals surface area contributed by atoms with Crippen LogP contribution in [-0.4, -0.2) is 4.98 Å². The van der Waals surface area contributed by atoms with Gasteiger partial charge in [0.05, 0.1) is 5.52 Å². The smallest absolute Gasteiger partial charge is 0.0705 e. The largest absolute Gasteiger partial charge is 0.253 e. The van der Waals surface area contributed by atoms with Crippen molar-refractivity contribution in [1.29, 1.82) is 0 Å². The van der Waals surface area contributed by atoms with Crippen LogP contribution in [0.15, 0.2) is 30.3 Å². The highest BCUT2D eigenvalue weighted by Gasteiger charge is 2.18. The van der Waals surface area contributed by atoms with Gasteiger partial charge in [0.25, 0.3) is 0 Å². The van der Waals surface area contributed by atoms with E-state index in [4.69, 9.17) is 4.98 Å². The van der Waals surface area contributed by atoms with Gasteiger partial charge in [-0.15, -0.1) is 0 Å². The molecule has 0 fully saturated rings. The van der Waals surface area contributed by atoms with Crippen molar-refractivity contribution in [3.8, 4) is 0 Å². The molecule has 1 aromatic carbocycles. The van der Waals surface area contributed by atoms with E-state index in [2.05, 4.69) is 37.3 Å². The molecule has 0 unspecified atom stereocenters. The summed E-state index contributed by atoms with van der Waals surface area (Å²) in [6, 6.07) is 10.8. The van der Waals surface area contributed by atoms with Crippen molar-refractivity contribution in [2.45, 2.75) is 32.6 Å². The third kappa shape index (κ3) is 1.60. The maximum absolute atomic E-state index is 4.78. The van der Waals surface area contributed by atoms with Gasteiger partial charge in [-0.1, -0.05) is 31.5 Å². The predicted octanol–water partition coefficient (Wildman–Crippen LogP) is 3.75. The lowest BCUT2D eigenvalue weighted by molar-refractivity contribution is 0.441. The maximum atomic E-state index is 4.78. The van der Waals surface area contributed by atoms with Crippen molar-refractivity contribution in [3.63, 3.8) is 0 Å². The van der Waals surface area contributed by atoms with Crippen LogP contribution in [0.4, 0.5) is 0 Å². The van der Waals surface area contributed by atoms with Gasteiger partial charge in [-0.3, -0.25) is 4.98 Å². The van der Waals surface area contributed by atoms with Gasteiger partial charge in [0, 0.05) is 11.1 Å². The van der Waals surface area contributed by atoms with E-state index in [1.165, 1.54) is 42.3 Å². The Balaban J connectivity index is 2.10. The van der Waals surface area contributed by atoms with Crippen LogP contribution >= 0.6 is 0 Å². The lowest BCUT2D eigenvalue weighted by Crippen LogP contribution is -2.14. The summed E-state index contributed by atoms with van der Waals surface area (Å²) in [7, 11) is 0. The first-order chi connectivity index (χ1) is 7.86. The molecule has 0 spiro atoms. The summed E-state index contributed by atoms with van der Waals surface area (Å²) in [5, 5.41) is 1.29. The van der Waals surface area contributed by atoms with Gasteiger partial charge in [0.2, 0.25) is 0 Å². The molecule has 0 amide bonds. The van der Waals surface area contributed by atoms with Crippen LogP contribution < -0.4 is 0 Å². The Labute approximate surface area is 96.5 Å². The fourth-order valence-electron chi connectivity index (χ4n) is 2.70. The topological polar surface area (TPSA) is 12.9 Å². The summed E-state index contributed by atoms with van der Waals surface area (Å²) in [6.07, 6.45) is 5.00. The SMILES string of the molecule is CC[C@H]1CCc2nc3ccccc3cc2C1. The van der Waals surface area contributed by atoms with E-state index in [1.54, 1.807) is 0 Å². The normalized spacial score (nSPS) is 19.7. The molecule has 1 aliphatic carbocycles. The van der Waals surface area contributed by atoms with Crippen molar-refractivity contribution in [2.24, 2.45) is 5.92 Å². The molecule has 0 saturated heterocycles. The zero-order valence-corrected chi connectivity index (χ0v) is 9.74. The zero-order chi connectivity index (χ0) is 11.0. The molecule has 1 heteroatoms. The third-order valence-electron chi connectivity index (χ3n) is 3.77. The van der Waals surface area contributed by atoms with Gasteiger partial charge in [-0.05, 0) is 42.9 Å². The molecule has 0 bridgehead atoms. The highest BCUT2D eigenvalue weighted by molar-refractivity contribution is 5.79. The quantitative estimate of drug-likeness (QED) is 0.700. The van der Waals surface area contributed by atoms with E-state index < -0.39 is 0 Å².